The number of amides is 6. The fourth-order valence-corrected chi connectivity index (χ4v) is 7.51. The average Bonchev–Trinajstić information content (AvgIpc) is 3.68. The van der Waals surface area contributed by atoms with Crippen LogP contribution in [0.5, 0.6) is 0 Å². The highest BCUT2D eigenvalue weighted by molar-refractivity contribution is 5.98. The first-order valence-corrected chi connectivity index (χ1v) is 21.0. The SMILES string of the molecule is CCCCC(=O)NC1(C(=O)NC(Cc2ccccc2)C(=O)NC(CCCN=C(N)N)C(=O)NC(Cc2c[nH]c3ccccc23)C(=O)NCC(N)=O)CC=C(c2ccccc2)CC1. The van der Waals surface area contributed by atoms with E-state index in [2.05, 4.69) is 36.6 Å². The predicted molar refractivity (Wildman–Crippen MR) is 239 cm³/mol. The Morgan fingerprint density at radius 1 is 0.774 bits per heavy atom. The fourth-order valence-electron chi connectivity index (χ4n) is 7.51. The standard InChI is InChI=1S/C46H58N10O6/c1-2-3-20-40(58)56-46(23-21-32(22-24-46)31-15-8-5-9-16-31)44(62)55-37(26-30-13-6-4-7-14-30)43(61)53-36(19-12-25-50-45(48)49)42(60)54-38(41(59)52-29-39(47)57)27-33-28-51-35-18-11-10-17-34(33)35/h4-11,13-18,21,28,36-38,51H,2-3,12,19-20,22-27,29H2,1H3,(H2,47,57)(H,52,59)(H,53,61)(H,54,60)(H,55,62)(H,56,58)(H4,48,49,50). The smallest absolute Gasteiger partial charge is 0.246 e. The van der Waals surface area contributed by atoms with Crippen molar-refractivity contribution in [3.8, 4) is 0 Å². The van der Waals surface area contributed by atoms with E-state index < -0.39 is 59.7 Å². The van der Waals surface area contributed by atoms with Crippen LogP contribution in [0.25, 0.3) is 16.5 Å². The van der Waals surface area contributed by atoms with Crippen LogP contribution >= 0.6 is 0 Å². The number of allylic oxidation sites excluding steroid dienone is 1. The molecule has 0 saturated carbocycles. The lowest BCUT2D eigenvalue weighted by Crippen LogP contribution is -2.63. The molecule has 3 aromatic carbocycles. The maximum atomic E-state index is 14.6. The number of aliphatic imine (C=N–C) groups is 1. The zero-order chi connectivity index (χ0) is 44.5. The van der Waals surface area contributed by atoms with E-state index in [9.17, 15) is 28.8 Å². The quantitative estimate of drug-likeness (QED) is 0.0321. The van der Waals surface area contributed by atoms with E-state index in [-0.39, 0.29) is 56.9 Å². The summed E-state index contributed by atoms with van der Waals surface area (Å²) in [6.07, 6.45) is 6.80. The van der Waals surface area contributed by atoms with Crippen molar-refractivity contribution in [3.63, 3.8) is 0 Å². The van der Waals surface area contributed by atoms with Crippen LogP contribution in [-0.4, -0.2) is 83.1 Å². The van der Waals surface area contributed by atoms with E-state index >= 15 is 0 Å². The molecular weight excluding hydrogens is 789 g/mol. The molecular formula is C46H58N10O6. The van der Waals surface area contributed by atoms with Crippen LogP contribution in [0.1, 0.15) is 75.0 Å². The topological polar surface area (TPSA) is 269 Å². The monoisotopic (exact) mass is 846 g/mol. The summed E-state index contributed by atoms with van der Waals surface area (Å²) >= 11 is 0. The van der Waals surface area contributed by atoms with Crippen LogP contribution in [0, 0.1) is 0 Å². The van der Waals surface area contributed by atoms with E-state index in [4.69, 9.17) is 17.2 Å². The number of nitrogens with two attached hydrogens (primary N) is 3. The second-order valence-electron chi connectivity index (χ2n) is 15.6. The van der Waals surface area contributed by atoms with E-state index in [1.165, 1.54) is 0 Å². The summed E-state index contributed by atoms with van der Waals surface area (Å²) in [6, 6.07) is 22.8. The molecule has 4 aromatic rings. The molecule has 0 radical (unpaired) electrons. The summed E-state index contributed by atoms with van der Waals surface area (Å²) in [5, 5.41) is 14.9. The number of para-hydroxylation sites is 1. The van der Waals surface area contributed by atoms with E-state index in [1.54, 1.807) is 6.20 Å². The van der Waals surface area contributed by atoms with Crippen LogP contribution in [0.15, 0.2) is 102 Å². The van der Waals surface area contributed by atoms with Crippen LogP contribution in [-0.2, 0) is 41.6 Å². The summed E-state index contributed by atoms with van der Waals surface area (Å²) < 4.78 is 0. The number of aromatic amines is 1. The van der Waals surface area contributed by atoms with Gasteiger partial charge in [-0.15, -0.1) is 0 Å². The molecule has 62 heavy (non-hydrogen) atoms. The third kappa shape index (κ3) is 13.3. The highest BCUT2D eigenvalue weighted by atomic mass is 16.2. The molecule has 16 heteroatoms. The molecule has 5 rings (SSSR count). The summed E-state index contributed by atoms with van der Waals surface area (Å²) in [5.41, 5.74) is 19.4. The number of primary amides is 1. The van der Waals surface area contributed by atoms with Crippen molar-refractivity contribution < 1.29 is 28.8 Å². The van der Waals surface area contributed by atoms with E-state index in [0.717, 1.165) is 39.6 Å². The molecule has 1 aromatic heterocycles. The van der Waals surface area contributed by atoms with Gasteiger partial charge in [0.25, 0.3) is 0 Å². The molecule has 328 valence electrons. The molecule has 1 aliphatic carbocycles. The number of unbranched alkanes of at least 4 members (excludes halogenated alkanes) is 1. The number of guanidine groups is 1. The van der Waals surface area contributed by atoms with Crippen molar-refractivity contribution in [1.29, 1.82) is 0 Å². The Kier molecular flexibility index (Phi) is 16.8. The lowest BCUT2D eigenvalue weighted by molar-refractivity contribution is -0.137. The van der Waals surface area contributed by atoms with Crippen molar-refractivity contribution in [2.45, 2.75) is 94.8 Å². The number of rotatable bonds is 22. The summed E-state index contributed by atoms with van der Waals surface area (Å²) in [5.74, 6) is -3.73. The molecule has 0 fully saturated rings. The normalized spacial score (nSPS) is 16.1. The van der Waals surface area contributed by atoms with Gasteiger partial charge < -0.3 is 48.8 Å². The number of carbonyl (C=O) groups excluding carboxylic acids is 6. The number of nitrogens with zero attached hydrogens (tertiary/aromatic N) is 1. The minimum absolute atomic E-state index is 0.0359. The van der Waals surface area contributed by atoms with Gasteiger partial charge in [0.15, 0.2) is 5.96 Å². The summed E-state index contributed by atoms with van der Waals surface area (Å²) in [6.45, 7) is 1.67. The number of hydrogen-bond acceptors (Lipinski definition) is 7. The van der Waals surface area contributed by atoms with Crippen molar-refractivity contribution in [3.05, 3.63) is 114 Å². The second kappa shape index (κ2) is 22.6. The van der Waals surface area contributed by atoms with Crippen molar-refractivity contribution in [2.24, 2.45) is 22.2 Å². The van der Waals surface area contributed by atoms with E-state index in [0.29, 0.717) is 19.3 Å². The van der Waals surface area contributed by atoms with Gasteiger partial charge in [-0.2, -0.15) is 0 Å². The van der Waals surface area contributed by atoms with Crippen molar-refractivity contribution in [2.75, 3.05) is 13.1 Å². The number of carbonyl (C=O) groups is 6. The minimum Gasteiger partial charge on any atom is -0.370 e. The highest BCUT2D eigenvalue weighted by Gasteiger charge is 2.43. The Morgan fingerprint density at radius 3 is 2.11 bits per heavy atom. The highest BCUT2D eigenvalue weighted by Crippen LogP contribution is 2.34. The number of H-pyrrole nitrogens is 1. The number of benzene rings is 3. The number of fused-ring (bicyclic) bond motifs is 1. The Bertz CT molecular complexity index is 2240. The molecule has 6 amide bonds. The predicted octanol–water partition coefficient (Wildman–Crippen LogP) is 2.38. The molecule has 1 aliphatic rings. The largest absolute Gasteiger partial charge is 0.370 e. The fraction of sp³-hybridized carbons (Fsp3) is 0.370. The molecule has 12 N–H and O–H groups in total. The molecule has 16 nitrogen and oxygen atoms in total. The first-order chi connectivity index (χ1) is 29.9. The van der Waals surface area contributed by atoms with Gasteiger partial charge in [0, 0.05) is 42.9 Å². The Hall–Kier alpha value is -6.97. The lowest BCUT2D eigenvalue weighted by atomic mass is 9.79. The minimum atomic E-state index is -1.34. The molecule has 0 spiro atoms. The Labute approximate surface area is 361 Å². The molecule has 1 heterocycles. The van der Waals surface area contributed by atoms with Crippen LogP contribution < -0.4 is 43.8 Å². The molecule has 4 atom stereocenters. The van der Waals surface area contributed by atoms with Crippen LogP contribution in [0.2, 0.25) is 0 Å². The first kappa shape index (κ1) is 46.1. The van der Waals surface area contributed by atoms with Gasteiger partial charge >= 0.3 is 0 Å². The Balaban J connectivity index is 1.42. The van der Waals surface area contributed by atoms with Gasteiger partial charge in [-0.25, -0.2) is 0 Å². The van der Waals surface area contributed by atoms with Gasteiger partial charge in [-0.1, -0.05) is 98.3 Å². The van der Waals surface area contributed by atoms with Gasteiger partial charge in [-0.3, -0.25) is 33.8 Å². The van der Waals surface area contributed by atoms with Gasteiger partial charge in [0.05, 0.1) is 6.54 Å². The summed E-state index contributed by atoms with van der Waals surface area (Å²) in [7, 11) is 0. The van der Waals surface area contributed by atoms with Gasteiger partial charge in [-0.05, 0) is 66.9 Å². The van der Waals surface area contributed by atoms with Gasteiger partial charge in [0.2, 0.25) is 35.4 Å². The number of aromatic nitrogens is 1. The van der Waals surface area contributed by atoms with Crippen LogP contribution in [0.4, 0.5) is 0 Å². The third-order valence-corrected chi connectivity index (χ3v) is 10.9. The summed E-state index contributed by atoms with van der Waals surface area (Å²) in [4.78, 5) is 89.0. The lowest BCUT2D eigenvalue weighted by Gasteiger charge is -2.37. The molecule has 0 bridgehead atoms. The number of hydrogen-bond donors (Lipinski definition) is 9. The zero-order valence-corrected chi connectivity index (χ0v) is 35.1. The van der Waals surface area contributed by atoms with E-state index in [1.807, 2.05) is 97.9 Å². The maximum absolute atomic E-state index is 14.6. The van der Waals surface area contributed by atoms with Crippen LogP contribution in [0.3, 0.4) is 0 Å². The van der Waals surface area contributed by atoms with Crippen molar-refractivity contribution in [1.82, 2.24) is 31.6 Å². The first-order valence-electron chi connectivity index (χ1n) is 21.0. The zero-order valence-electron chi connectivity index (χ0n) is 35.1. The average molecular weight is 847 g/mol. The molecule has 4 unspecified atom stereocenters. The Morgan fingerprint density at radius 2 is 1.44 bits per heavy atom. The second-order valence-corrected chi connectivity index (χ2v) is 15.6. The molecule has 0 aliphatic heterocycles. The third-order valence-electron chi connectivity index (χ3n) is 10.9. The number of nitrogens with one attached hydrogen (secondary N) is 6. The van der Waals surface area contributed by atoms with Crippen molar-refractivity contribution >= 4 is 57.9 Å². The van der Waals surface area contributed by atoms with Gasteiger partial charge in [0.1, 0.15) is 23.7 Å². The molecule has 0 saturated heterocycles. The maximum Gasteiger partial charge on any atom is 0.246 e.